The number of likely N-dealkylation sites (tertiary alicyclic amines) is 1. The predicted octanol–water partition coefficient (Wildman–Crippen LogP) is 2.25. The standard InChI is InChI=1S/C19H23N3O4S2/c1-18(10-20)6-7-22(17(24)19(2,28)21(3)15(23)9-27)16(18)12-4-5-13-14(8-12)26-11-25-13/h4-5,8,16,27-28H,6-7,9,11H2,1-3H3/t16-,18+,19-/m0/s1. The van der Waals surface area contributed by atoms with Gasteiger partial charge in [0.05, 0.1) is 23.3 Å². The van der Waals surface area contributed by atoms with Gasteiger partial charge in [-0.15, -0.1) is 12.6 Å². The van der Waals surface area contributed by atoms with Gasteiger partial charge >= 0.3 is 0 Å². The third kappa shape index (κ3) is 3.29. The van der Waals surface area contributed by atoms with Gasteiger partial charge in [-0.2, -0.15) is 17.9 Å². The number of hydrogen-bond acceptors (Lipinski definition) is 7. The van der Waals surface area contributed by atoms with Gasteiger partial charge in [0, 0.05) is 13.6 Å². The summed E-state index contributed by atoms with van der Waals surface area (Å²) in [4.78, 5) is 27.1. The molecule has 3 atom stereocenters. The van der Waals surface area contributed by atoms with Crippen LogP contribution >= 0.6 is 25.3 Å². The van der Waals surface area contributed by atoms with Crippen LogP contribution in [-0.2, 0) is 9.59 Å². The average Bonchev–Trinajstić information content (AvgIpc) is 3.29. The summed E-state index contributed by atoms with van der Waals surface area (Å²) in [6.07, 6.45) is 0.516. The molecule has 0 spiro atoms. The van der Waals surface area contributed by atoms with Gasteiger partial charge in [-0.05, 0) is 38.0 Å². The Morgan fingerprint density at radius 1 is 1.43 bits per heavy atom. The number of benzene rings is 1. The molecule has 3 rings (SSSR count). The normalized spacial score (nSPS) is 25.1. The Hall–Kier alpha value is -2.05. The van der Waals surface area contributed by atoms with E-state index < -0.39 is 16.3 Å². The van der Waals surface area contributed by atoms with Gasteiger partial charge in [-0.3, -0.25) is 9.59 Å². The molecule has 1 saturated heterocycles. The van der Waals surface area contributed by atoms with Crippen molar-refractivity contribution in [1.82, 2.24) is 9.80 Å². The van der Waals surface area contributed by atoms with Gasteiger partial charge in [-0.1, -0.05) is 6.07 Å². The van der Waals surface area contributed by atoms with Crippen molar-refractivity contribution >= 4 is 37.1 Å². The maximum absolute atomic E-state index is 13.4. The second-order valence-corrected chi connectivity index (χ2v) is 8.61. The van der Waals surface area contributed by atoms with Crippen LogP contribution in [-0.4, -0.2) is 52.6 Å². The quantitative estimate of drug-likeness (QED) is 0.576. The molecule has 0 N–H and O–H groups in total. The van der Waals surface area contributed by atoms with Gasteiger partial charge < -0.3 is 19.3 Å². The largest absolute Gasteiger partial charge is 0.454 e. The van der Waals surface area contributed by atoms with Crippen molar-refractivity contribution in [2.75, 3.05) is 26.1 Å². The molecule has 0 saturated carbocycles. The molecule has 150 valence electrons. The lowest BCUT2D eigenvalue weighted by Gasteiger charge is -2.39. The van der Waals surface area contributed by atoms with Crippen LogP contribution in [0.5, 0.6) is 11.5 Å². The van der Waals surface area contributed by atoms with Crippen molar-refractivity contribution < 1.29 is 19.1 Å². The minimum Gasteiger partial charge on any atom is -0.454 e. The summed E-state index contributed by atoms with van der Waals surface area (Å²) < 4.78 is 10.8. The highest BCUT2D eigenvalue weighted by molar-refractivity contribution is 7.82. The van der Waals surface area contributed by atoms with Crippen molar-refractivity contribution in [3.63, 3.8) is 0 Å². The van der Waals surface area contributed by atoms with E-state index >= 15 is 0 Å². The summed E-state index contributed by atoms with van der Waals surface area (Å²) in [5.74, 6) is 0.553. The van der Waals surface area contributed by atoms with Gasteiger partial charge in [0.15, 0.2) is 16.4 Å². The molecule has 0 bridgehead atoms. The lowest BCUT2D eigenvalue weighted by molar-refractivity contribution is -0.145. The van der Waals surface area contributed by atoms with E-state index in [0.717, 1.165) is 5.56 Å². The minimum atomic E-state index is -1.37. The Morgan fingerprint density at radius 2 is 2.11 bits per heavy atom. The van der Waals surface area contributed by atoms with Crippen LogP contribution in [0.25, 0.3) is 0 Å². The van der Waals surface area contributed by atoms with Crippen LogP contribution in [0.3, 0.4) is 0 Å². The Bertz CT molecular complexity index is 854. The summed E-state index contributed by atoms with van der Waals surface area (Å²) in [6, 6.07) is 7.32. The number of hydrogen-bond donors (Lipinski definition) is 2. The first-order valence-corrected chi connectivity index (χ1v) is 9.95. The molecule has 28 heavy (non-hydrogen) atoms. The Balaban J connectivity index is 1.99. The molecule has 1 fully saturated rings. The molecule has 0 aliphatic carbocycles. The van der Waals surface area contributed by atoms with Crippen molar-refractivity contribution in [1.29, 1.82) is 5.26 Å². The Morgan fingerprint density at radius 3 is 2.75 bits per heavy atom. The number of fused-ring (bicyclic) bond motifs is 1. The third-order valence-corrected chi connectivity index (χ3v) is 6.35. The lowest BCUT2D eigenvalue weighted by atomic mass is 9.80. The van der Waals surface area contributed by atoms with Gasteiger partial charge in [0.1, 0.15) is 0 Å². The van der Waals surface area contributed by atoms with E-state index in [1.165, 1.54) is 11.9 Å². The summed E-state index contributed by atoms with van der Waals surface area (Å²) >= 11 is 8.50. The van der Waals surface area contributed by atoms with Crippen LogP contribution < -0.4 is 9.47 Å². The Labute approximate surface area is 175 Å². The van der Waals surface area contributed by atoms with Crippen LogP contribution in [0.2, 0.25) is 0 Å². The minimum absolute atomic E-state index is 0.0264. The maximum Gasteiger partial charge on any atom is 0.259 e. The molecule has 7 nitrogen and oxygen atoms in total. The smallest absolute Gasteiger partial charge is 0.259 e. The molecule has 0 unspecified atom stereocenters. The zero-order valence-electron chi connectivity index (χ0n) is 16.0. The topological polar surface area (TPSA) is 82.9 Å². The van der Waals surface area contributed by atoms with Gasteiger partial charge in [0.2, 0.25) is 12.7 Å². The van der Waals surface area contributed by atoms with Crippen LogP contribution in [0, 0.1) is 16.7 Å². The first kappa shape index (κ1) is 20.7. The SMILES string of the molecule is CN(C(=O)CS)[C@@](C)(S)C(=O)N1CC[C@](C)(C#N)[C@@H]1c1ccc2c(c1)OCO2. The number of nitrogens with zero attached hydrogens (tertiary/aromatic N) is 3. The van der Waals surface area contributed by atoms with E-state index in [1.807, 2.05) is 19.1 Å². The van der Waals surface area contributed by atoms with Crippen molar-refractivity contribution in [3.05, 3.63) is 23.8 Å². The molecule has 2 aliphatic rings. The van der Waals surface area contributed by atoms with E-state index in [0.29, 0.717) is 24.5 Å². The second-order valence-electron chi connectivity index (χ2n) is 7.42. The highest BCUT2D eigenvalue weighted by atomic mass is 32.1. The monoisotopic (exact) mass is 421 g/mol. The first-order valence-electron chi connectivity index (χ1n) is 8.87. The fourth-order valence-corrected chi connectivity index (χ4v) is 4.15. The molecule has 2 aliphatic heterocycles. The first-order chi connectivity index (χ1) is 13.2. The lowest BCUT2D eigenvalue weighted by Crippen LogP contribution is -2.55. The Kier molecular flexibility index (Phi) is 5.47. The van der Waals surface area contributed by atoms with E-state index in [9.17, 15) is 14.9 Å². The molecule has 2 heterocycles. The van der Waals surface area contributed by atoms with Crippen LogP contribution in [0.4, 0.5) is 0 Å². The van der Waals surface area contributed by atoms with Crippen LogP contribution in [0.15, 0.2) is 18.2 Å². The molecule has 2 amide bonds. The van der Waals surface area contributed by atoms with Crippen LogP contribution in [0.1, 0.15) is 31.9 Å². The molecule has 0 aromatic heterocycles. The molecule has 1 aromatic rings. The zero-order chi connectivity index (χ0) is 20.7. The summed E-state index contributed by atoms with van der Waals surface area (Å²) in [5.41, 5.74) is 0.00533. The van der Waals surface area contributed by atoms with Crippen molar-refractivity contribution in [3.8, 4) is 17.6 Å². The number of ether oxygens (including phenoxy) is 2. The van der Waals surface area contributed by atoms with E-state index in [2.05, 4.69) is 31.3 Å². The molecule has 1 aromatic carbocycles. The molecule has 9 heteroatoms. The molecule has 0 radical (unpaired) electrons. The highest BCUT2D eigenvalue weighted by Crippen LogP contribution is 2.49. The number of likely N-dealkylation sites (N-methyl/N-ethyl adjacent to an activating group) is 1. The molecular weight excluding hydrogens is 398 g/mol. The number of nitriles is 1. The fraction of sp³-hybridized carbons (Fsp3) is 0.526. The predicted molar refractivity (Wildman–Crippen MR) is 109 cm³/mol. The van der Waals surface area contributed by atoms with E-state index in [-0.39, 0.29) is 24.4 Å². The maximum atomic E-state index is 13.4. The van der Waals surface area contributed by atoms with Crippen molar-refractivity contribution in [2.24, 2.45) is 5.41 Å². The highest BCUT2D eigenvalue weighted by Gasteiger charge is 2.51. The number of thiol groups is 2. The van der Waals surface area contributed by atoms with Gasteiger partial charge in [-0.25, -0.2) is 0 Å². The van der Waals surface area contributed by atoms with E-state index in [1.54, 1.807) is 17.9 Å². The number of carbonyl (C=O) groups excluding carboxylic acids is 2. The van der Waals surface area contributed by atoms with E-state index in [4.69, 9.17) is 9.47 Å². The summed E-state index contributed by atoms with van der Waals surface area (Å²) in [7, 11) is 1.53. The van der Waals surface area contributed by atoms with Crippen molar-refractivity contribution in [2.45, 2.75) is 31.2 Å². The van der Waals surface area contributed by atoms with Gasteiger partial charge in [0.25, 0.3) is 5.91 Å². The third-order valence-electron chi connectivity index (χ3n) is 5.58. The summed E-state index contributed by atoms with van der Waals surface area (Å²) in [5, 5.41) is 9.85. The molecular formula is C19H23N3O4S2. The number of carbonyl (C=O) groups is 2. The average molecular weight is 422 g/mol. The second kappa shape index (κ2) is 7.41. The number of amides is 2. The summed E-state index contributed by atoms with van der Waals surface area (Å²) in [6.45, 7) is 3.96. The number of rotatable bonds is 4. The fourth-order valence-electron chi connectivity index (χ4n) is 3.69. The zero-order valence-corrected chi connectivity index (χ0v) is 17.8.